The largest absolute Gasteiger partial charge is 0.392 e. The molecular weight excluding hydrogens is 384 g/mol. The molecule has 0 aliphatic carbocycles. The van der Waals surface area contributed by atoms with E-state index in [2.05, 4.69) is 21.0 Å². The smallest absolute Gasteiger partial charge is 0.222 e. The normalized spacial score (nSPS) is 15.2. The molecule has 3 aromatic rings. The van der Waals surface area contributed by atoms with Crippen molar-refractivity contribution in [3.63, 3.8) is 0 Å². The third kappa shape index (κ3) is 4.62. The van der Waals surface area contributed by atoms with Crippen molar-refractivity contribution in [2.75, 3.05) is 13.1 Å². The highest BCUT2D eigenvalue weighted by Crippen LogP contribution is 2.29. The monoisotopic (exact) mass is 410 g/mol. The van der Waals surface area contributed by atoms with E-state index in [0.717, 1.165) is 66.4 Å². The summed E-state index contributed by atoms with van der Waals surface area (Å²) in [7, 11) is 0. The Morgan fingerprint density at radius 3 is 2.79 bits per heavy atom. The average molecular weight is 411 g/mol. The number of nitrogens with zero attached hydrogens (tertiary/aromatic N) is 4. The molecule has 1 N–H and O–H groups in total. The Morgan fingerprint density at radius 2 is 2.03 bits per heavy atom. The molecule has 29 heavy (non-hydrogen) atoms. The van der Waals surface area contributed by atoms with Crippen LogP contribution in [0.4, 0.5) is 0 Å². The number of hydrogen-bond acceptors (Lipinski definition) is 6. The summed E-state index contributed by atoms with van der Waals surface area (Å²) < 4.78 is 1.21. The summed E-state index contributed by atoms with van der Waals surface area (Å²) in [5.41, 5.74) is 2.79. The number of aliphatic hydroxyl groups is 1. The Morgan fingerprint density at radius 1 is 1.24 bits per heavy atom. The number of para-hydroxylation sites is 1. The van der Waals surface area contributed by atoms with Gasteiger partial charge in [-0.05, 0) is 44.7 Å². The molecule has 6 nitrogen and oxygen atoms in total. The van der Waals surface area contributed by atoms with Crippen molar-refractivity contribution in [1.29, 1.82) is 0 Å². The SMILES string of the molecule is Cc1ncc(CO)c(C2CCN(C(=O)CCCc3nc4ccccc4s3)CC2)n1. The predicted octanol–water partition coefficient (Wildman–Crippen LogP) is 3.62. The summed E-state index contributed by atoms with van der Waals surface area (Å²) >= 11 is 1.72. The number of benzene rings is 1. The van der Waals surface area contributed by atoms with Crippen LogP contribution in [0.25, 0.3) is 10.2 Å². The van der Waals surface area contributed by atoms with E-state index in [1.165, 1.54) is 4.70 Å². The van der Waals surface area contributed by atoms with Gasteiger partial charge in [0.25, 0.3) is 0 Å². The predicted molar refractivity (Wildman–Crippen MR) is 114 cm³/mol. The van der Waals surface area contributed by atoms with Crippen molar-refractivity contribution >= 4 is 27.5 Å². The summed E-state index contributed by atoms with van der Waals surface area (Å²) in [4.78, 5) is 28.0. The van der Waals surface area contributed by atoms with Crippen LogP contribution in [-0.4, -0.2) is 44.0 Å². The zero-order valence-corrected chi connectivity index (χ0v) is 17.5. The van der Waals surface area contributed by atoms with Crippen LogP contribution in [0.3, 0.4) is 0 Å². The Labute approximate surface area is 174 Å². The number of fused-ring (bicyclic) bond motifs is 1. The molecule has 152 valence electrons. The second-order valence-corrected chi connectivity index (χ2v) is 8.68. The molecule has 2 aromatic heterocycles. The maximum atomic E-state index is 12.6. The number of carbonyl (C=O) groups excluding carboxylic acids is 1. The first-order chi connectivity index (χ1) is 14.1. The van der Waals surface area contributed by atoms with Gasteiger partial charge in [-0.25, -0.2) is 15.0 Å². The van der Waals surface area contributed by atoms with Gasteiger partial charge in [-0.1, -0.05) is 12.1 Å². The van der Waals surface area contributed by atoms with E-state index in [-0.39, 0.29) is 18.4 Å². The second kappa shape index (κ2) is 8.97. The number of aryl methyl sites for hydroxylation is 2. The quantitative estimate of drug-likeness (QED) is 0.671. The Hall–Kier alpha value is -2.38. The highest BCUT2D eigenvalue weighted by molar-refractivity contribution is 7.18. The maximum absolute atomic E-state index is 12.6. The van der Waals surface area contributed by atoms with Crippen molar-refractivity contribution in [3.05, 3.63) is 52.6 Å². The summed E-state index contributed by atoms with van der Waals surface area (Å²) in [6.45, 7) is 3.33. The van der Waals surface area contributed by atoms with Gasteiger partial charge in [0.2, 0.25) is 5.91 Å². The van der Waals surface area contributed by atoms with Crippen molar-refractivity contribution < 1.29 is 9.90 Å². The highest BCUT2D eigenvalue weighted by Gasteiger charge is 2.26. The van der Waals surface area contributed by atoms with Gasteiger partial charge in [-0.2, -0.15) is 0 Å². The van der Waals surface area contributed by atoms with Crippen LogP contribution < -0.4 is 0 Å². The minimum atomic E-state index is -0.0411. The van der Waals surface area contributed by atoms with Crippen LogP contribution in [0.5, 0.6) is 0 Å². The lowest BCUT2D eigenvalue weighted by molar-refractivity contribution is -0.132. The third-order valence-corrected chi connectivity index (χ3v) is 6.64. The van der Waals surface area contributed by atoms with Crippen LogP contribution in [-0.2, 0) is 17.8 Å². The molecule has 4 rings (SSSR count). The summed E-state index contributed by atoms with van der Waals surface area (Å²) in [5.74, 6) is 1.24. The van der Waals surface area contributed by atoms with Crippen molar-refractivity contribution in [1.82, 2.24) is 19.9 Å². The third-order valence-electron chi connectivity index (χ3n) is 5.54. The summed E-state index contributed by atoms with van der Waals surface area (Å²) in [6.07, 6.45) is 5.73. The Balaban J connectivity index is 1.27. The van der Waals surface area contributed by atoms with Crippen molar-refractivity contribution in [3.8, 4) is 0 Å². The molecule has 0 bridgehead atoms. The molecule has 1 saturated heterocycles. The Kier molecular flexibility index (Phi) is 6.16. The van der Waals surface area contributed by atoms with E-state index in [1.54, 1.807) is 17.5 Å². The number of thiazole rings is 1. The molecule has 0 unspecified atom stereocenters. The summed E-state index contributed by atoms with van der Waals surface area (Å²) in [5, 5.41) is 10.7. The molecule has 1 fully saturated rings. The fraction of sp³-hybridized carbons (Fsp3) is 0.455. The number of hydrogen-bond donors (Lipinski definition) is 1. The van der Waals surface area contributed by atoms with E-state index in [4.69, 9.17) is 0 Å². The average Bonchev–Trinajstić information content (AvgIpc) is 3.16. The molecule has 0 atom stereocenters. The first-order valence-corrected chi connectivity index (χ1v) is 11.0. The molecule has 0 radical (unpaired) electrons. The van der Waals surface area contributed by atoms with Gasteiger partial charge >= 0.3 is 0 Å². The zero-order chi connectivity index (χ0) is 20.2. The fourth-order valence-corrected chi connectivity index (χ4v) is 4.98. The van der Waals surface area contributed by atoms with E-state index < -0.39 is 0 Å². The lowest BCUT2D eigenvalue weighted by Crippen LogP contribution is -2.38. The molecule has 0 spiro atoms. The zero-order valence-electron chi connectivity index (χ0n) is 16.7. The van der Waals surface area contributed by atoms with E-state index in [0.29, 0.717) is 6.42 Å². The molecule has 0 saturated carbocycles. The number of amides is 1. The number of carbonyl (C=O) groups is 1. The van der Waals surface area contributed by atoms with Gasteiger partial charge in [0.1, 0.15) is 5.82 Å². The van der Waals surface area contributed by atoms with Crippen LogP contribution >= 0.6 is 11.3 Å². The number of rotatable bonds is 6. The van der Waals surface area contributed by atoms with Crippen molar-refractivity contribution in [2.24, 2.45) is 0 Å². The van der Waals surface area contributed by atoms with Crippen LogP contribution in [0.15, 0.2) is 30.5 Å². The van der Waals surface area contributed by atoms with Crippen LogP contribution in [0.1, 0.15) is 53.7 Å². The topological polar surface area (TPSA) is 79.2 Å². The van der Waals surface area contributed by atoms with E-state index >= 15 is 0 Å². The van der Waals surface area contributed by atoms with Gasteiger partial charge in [0.05, 0.1) is 27.5 Å². The molecule has 7 heteroatoms. The van der Waals surface area contributed by atoms with Gasteiger partial charge in [-0.15, -0.1) is 11.3 Å². The summed E-state index contributed by atoms with van der Waals surface area (Å²) in [6, 6.07) is 8.16. The molecule has 1 aliphatic rings. The van der Waals surface area contributed by atoms with Gasteiger partial charge < -0.3 is 10.0 Å². The number of piperidine rings is 1. The molecular formula is C22H26N4O2S. The highest BCUT2D eigenvalue weighted by atomic mass is 32.1. The van der Waals surface area contributed by atoms with Gasteiger partial charge in [0.15, 0.2) is 0 Å². The number of aromatic nitrogens is 3. The van der Waals surface area contributed by atoms with E-state index in [9.17, 15) is 9.90 Å². The minimum absolute atomic E-state index is 0.0411. The maximum Gasteiger partial charge on any atom is 0.222 e. The van der Waals surface area contributed by atoms with E-state index in [1.807, 2.05) is 30.0 Å². The number of aliphatic hydroxyl groups excluding tert-OH is 1. The molecule has 1 aliphatic heterocycles. The van der Waals surface area contributed by atoms with Gasteiger partial charge in [-0.3, -0.25) is 4.79 Å². The second-order valence-electron chi connectivity index (χ2n) is 7.57. The van der Waals surface area contributed by atoms with Crippen molar-refractivity contribution in [2.45, 2.75) is 51.6 Å². The number of likely N-dealkylation sites (tertiary alicyclic amines) is 1. The Bertz CT molecular complexity index is 962. The van der Waals surface area contributed by atoms with Crippen LogP contribution in [0.2, 0.25) is 0 Å². The molecule has 1 amide bonds. The van der Waals surface area contributed by atoms with Crippen LogP contribution in [0, 0.1) is 6.92 Å². The molecule has 1 aromatic carbocycles. The fourth-order valence-electron chi connectivity index (χ4n) is 3.97. The first kappa shape index (κ1) is 19.9. The standard InChI is InChI=1S/C22H26N4O2S/c1-15-23-13-17(14-27)22(24-15)16-9-11-26(12-10-16)21(28)8-4-7-20-25-18-5-2-3-6-19(18)29-20/h2-3,5-6,13,16,27H,4,7-12,14H2,1H3. The lowest BCUT2D eigenvalue weighted by Gasteiger charge is -2.32. The minimum Gasteiger partial charge on any atom is -0.392 e. The lowest BCUT2D eigenvalue weighted by atomic mass is 9.90. The molecule has 3 heterocycles. The first-order valence-electron chi connectivity index (χ1n) is 10.2. The van der Waals surface area contributed by atoms with Gasteiger partial charge in [0, 0.05) is 37.2 Å².